The van der Waals surface area contributed by atoms with Gasteiger partial charge in [-0.05, 0) is 43.1 Å². The molecular weight excluding hydrogens is 400 g/mol. The van der Waals surface area contributed by atoms with E-state index in [1.807, 2.05) is 24.3 Å². The zero-order valence-corrected chi connectivity index (χ0v) is 18.5. The van der Waals surface area contributed by atoms with Crippen LogP contribution >= 0.6 is 0 Å². The van der Waals surface area contributed by atoms with Crippen molar-refractivity contribution in [3.8, 4) is 11.5 Å². The average molecular weight is 431 g/mol. The summed E-state index contributed by atoms with van der Waals surface area (Å²) in [5.74, 6) is 1.47. The van der Waals surface area contributed by atoms with E-state index in [1.165, 1.54) is 11.8 Å². The summed E-state index contributed by atoms with van der Waals surface area (Å²) in [7, 11) is -1.75. The molecule has 0 N–H and O–H groups in total. The summed E-state index contributed by atoms with van der Waals surface area (Å²) in [5.41, 5.74) is 1.63. The molecule has 162 valence electrons. The van der Waals surface area contributed by atoms with Gasteiger partial charge in [0.15, 0.2) is 0 Å². The van der Waals surface area contributed by atoms with E-state index in [1.54, 1.807) is 11.4 Å². The molecule has 2 aromatic rings. The average Bonchev–Trinajstić information content (AvgIpc) is 3.01. The lowest BCUT2D eigenvalue weighted by Gasteiger charge is -2.35. The van der Waals surface area contributed by atoms with Crippen LogP contribution in [0.3, 0.4) is 0 Å². The molecule has 1 spiro atoms. The van der Waals surface area contributed by atoms with Crippen LogP contribution in [0.5, 0.6) is 11.5 Å². The minimum absolute atomic E-state index is 0.306. The second-order valence-corrected chi connectivity index (χ2v) is 10.4. The van der Waals surface area contributed by atoms with E-state index in [0.29, 0.717) is 18.8 Å². The highest BCUT2D eigenvalue weighted by Crippen LogP contribution is 2.38. The molecular formula is C23H30N2O4S. The van der Waals surface area contributed by atoms with Crippen molar-refractivity contribution in [3.05, 3.63) is 59.7 Å². The molecule has 7 heteroatoms. The van der Waals surface area contributed by atoms with E-state index >= 15 is 0 Å². The molecule has 2 aliphatic rings. The Morgan fingerprint density at radius 1 is 1.10 bits per heavy atom. The number of benzene rings is 2. The zero-order chi connectivity index (χ0) is 21.2. The fourth-order valence-electron chi connectivity index (χ4n) is 4.46. The van der Waals surface area contributed by atoms with E-state index in [0.717, 1.165) is 50.2 Å². The van der Waals surface area contributed by atoms with Crippen LogP contribution in [0.4, 0.5) is 0 Å². The quantitative estimate of drug-likeness (QED) is 0.745. The summed E-state index contributed by atoms with van der Waals surface area (Å²) in [6.45, 7) is 3.44. The Bertz CT molecular complexity index is 980. The van der Waals surface area contributed by atoms with Crippen molar-refractivity contribution in [1.29, 1.82) is 0 Å². The van der Waals surface area contributed by atoms with E-state index in [2.05, 4.69) is 29.2 Å². The van der Waals surface area contributed by atoms with Crippen molar-refractivity contribution in [2.45, 2.75) is 38.0 Å². The van der Waals surface area contributed by atoms with Gasteiger partial charge in [-0.2, -0.15) is 4.31 Å². The normalized spacial score (nSPS) is 23.3. The topological polar surface area (TPSA) is 59.1 Å². The summed E-state index contributed by atoms with van der Waals surface area (Å²) >= 11 is 0. The van der Waals surface area contributed by atoms with Gasteiger partial charge in [-0.15, -0.1) is 0 Å². The number of hydrogen-bond donors (Lipinski definition) is 0. The SMILES string of the molecule is COc1ccc2c(c1)CN(S(C)(=O)=O)CC1(CCCN(Cc3ccccc3)CC1)O2. The van der Waals surface area contributed by atoms with Crippen LogP contribution in [-0.4, -0.2) is 56.2 Å². The van der Waals surface area contributed by atoms with Gasteiger partial charge in [0.25, 0.3) is 0 Å². The predicted octanol–water partition coefficient (Wildman–Crippen LogP) is 3.27. The van der Waals surface area contributed by atoms with Gasteiger partial charge in [-0.25, -0.2) is 8.42 Å². The molecule has 6 nitrogen and oxygen atoms in total. The van der Waals surface area contributed by atoms with Gasteiger partial charge in [0.2, 0.25) is 10.0 Å². The summed E-state index contributed by atoms with van der Waals surface area (Å²) < 4.78 is 38.6. The highest BCUT2D eigenvalue weighted by Gasteiger charge is 2.41. The first-order chi connectivity index (χ1) is 14.4. The Kier molecular flexibility index (Phi) is 6.04. The second kappa shape index (κ2) is 8.57. The Labute approximate surface area is 179 Å². The van der Waals surface area contributed by atoms with Crippen LogP contribution in [0.25, 0.3) is 0 Å². The van der Waals surface area contributed by atoms with Crippen LogP contribution in [0.1, 0.15) is 30.4 Å². The lowest BCUT2D eigenvalue weighted by Crippen LogP contribution is -2.47. The molecule has 30 heavy (non-hydrogen) atoms. The minimum Gasteiger partial charge on any atom is -0.497 e. The molecule has 2 heterocycles. The molecule has 2 aromatic carbocycles. The van der Waals surface area contributed by atoms with Crippen molar-refractivity contribution in [2.24, 2.45) is 0 Å². The maximum Gasteiger partial charge on any atom is 0.211 e. The third-order valence-electron chi connectivity index (χ3n) is 6.11. The number of rotatable bonds is 4. The van der Waals surface area contributed by atoms with Gasteiger partial charge in [0.1, 0.15) is 17.1 Å². The van der Waals surface area contributed by atoms with Crippen molar-refractivity contribution >= 4 is 10.0 Å². The smallest absolute Gasteiger partial charge is 0.211 e. The van der Waals surface area contributed by atoms with E-state index in [9.17, 15) is 8.42 Å². The maximum atomic E-state index is 12.5. The van der Waals surface area contributed by atoms with Crippen molar-refractivity contribution < 1.29 is 17.9 Å². The van der Waals surface area contributed by atoms with Gasteiger partial charge >= 0.3 is 0 Å². The zero-order valence-electron chi connectivity index (χ0n) is 17.7. The third kappa shape index (κ3) is 4.79. The molecule has 0 amide bonds. The maximum absolute atomic E-state index is 12.5. The van der Waals surface area contributed by atoms with Crippen LogP contribution < -0.4 is 9.47 Å². The fourth-order valence-corrected chi connectivity index (χ4v) is 5.30. The highest BCUT2D eigenvalue weighted by molar-refractivity contribution is 7.88. The third-order valence-corrected chi connectivity index (χ3v) is 7.31. The van der Waals surface area contributed by atoms with E-state index in [-0.39, 0.29) is 0 Å². The molecule has 1 fully saturated rings. The number of sulfonamides is 1. The lowest BCUT2D eigenvalue weighted by molar-refractivity contribution is 0.0419. The molecule has 1 saturated heterocycles. The molecule has 1 unspecified atom stereocenters. The van der Waals surface area contributed by atoms with Crippen LogP contribution in [0.2, 0.25) is 0 Å². The van der Waals surface area contributed by atoms with Crippen molar-refractivity contribution in [3.63, 3.8) is 0 Å². The second-order valence-electron chi connectivity index (χ2n) is 8.41. The van der Waals surface area contributed by atoms with Crippen molar-refractivity contribution in [1.82, 2.24) is 9.21 Å². The molecule has 4 rings (SSSR count). The Morgan fingerprint density at radius 2 is 1.90 bits per heavy atom. The first-order valence-corrected chi connectivity index (χ1v) is 12.3. The van der Waals surface area contributed by atoms with Gasteiger partial charge in [0.05, 0.1) is 19.9 Å². The molecule has 0 aromatic heterocycles. The monoisotopic (exact) mass is 430 g/mol. The number of methoxy groups -OCH3 is 1. The Balaban J connectivity index is 1.59. The van der Waals surface area contributed by atoms with Gasteiger partial charge < -0.3 is 9.47 Å². The molecule has 0 saturated carbocycles. The molecule has 1 atom stereocenters. The van der Waals surface area contributed by atoms with E-state index in [4.69, 9.17) is 9.47 Å². The summed E-state index contributed by atoms with van der Waals surface area (Å²) in [4.78, 5) is 2.44. The Morgan fingerprint density at radius 3 is 2.63 bits per heavy atom. The van der Waals surface area contributed by atoms with Gasteiger partial charge in [-0.3, -0.25) is 4.90 Å². The number of fused-ring (bicyclic) bond motifs is 1. The van der Waals surface area contributed by atoms with Crippen LogP contribution in [0.15, 0.2) is 48.5 Å². The predicted molar refractivity (Wildman–Crippen MR) is 117 cm³/mol. The summed E-state index contributed by atoms with van der Waals surface area (Å²) in [6.07, 6.45) is 3.87. The molecule has 2 aliphatic heterocycles. The first kappa shape index (κ1) is 21.2. The number of ether oxygens (including phenoxy) is 2. The minimum atomic E-state index is -3.36. The highest BCUT2D eigenvalue weighted by atomic mass is 32.2. The van der Waals surface area contributed by atoms with Crippen LogP contribution in [0, 0.1) is 0 Å². The Hall–Kier alpha value is -2.09. The molecule has 0 radical (unpaired) electrons. The number of hydrogen-bond acceptors (Lipinski definition) is 5. The number of nitrogens with zero attached hydrogens (tertiary/aromatic N) is 2. The largest absolute Gasteiger partial charge is 0.497 e. The number of likely N-dealkylation sites (tertiary alicyclic amines) is 1. The van der Waals surface area contributed by atoms with Gasteiger partial charge in [-0.1, -0.05) is 30.3 Å². The van der Waals surface area contributed by atoms with Gasteiger partial charge in [0, 0.05) is 31.6 Å². The van der Waals surface area contributed by atoms with Crippen LogP contribution in [-0.2, 0) is 23.1 Å². The van der Waals surface area contributed by atoms with Crippen molar-refractivity contribution in [2.75, 3.05) is 33.0 Å². The summed E-state index contributed by atoms with van der Waals surface area (Å²) in [5, 5.41) is 0. The first-order valence-electron chi connectivity index (χ1n) is 10.4. The fraction of sp³-hybridized carbons (Fsp3) is 0.478. The standard InChI is InChI=1S/C23H30N2O4S/c1-28-21-9-10-22-20(15-21)17-25(30(2,26)27)18-23(29-22)11-6-13-24(14-12-23)16-19-7-4-3-5-8-19/h3-5,7-10,15H,6,11-14,16-18H2,1-2H3. The molecule has 0 bridgehead atoms. The van der Waals surface area contributed by atoms with E-state index < -0.39 is 15.6 Å². The lowest BCUT2D eigenvalue weighted by atomic mass is 9.94. The molecule has 0 aliphatic carbocycles. The summed E-state index contributed by atoms with van der Waals surface area (Å²) in [6, 6.07) is 16.1.